The lowest BCUT2D eigenvalue weighted by molar-refractivity contribution is 0.263. The van der Waals surface area contributed by atoms with Gasteiger partial charge < -0.3 is 0 Å². The standard InChI is InChI=1S/C16H22N4S/c1-3-21-16-17-15(18-19-16)14-8-6-13(7-9-14)12(2)20-10-4-5-11-20/h6-9,12H,3-5,10-11H2,1-2H3,(H,17,18,19)/t12-/m0/s1. The fourth-order valence-electron chi connectivity index (χ4n) is 2.83. The lowest BCUT2D eigenvalue weighted by Gasteiger charge is -2.24. The van der Waals surface area contributed by atoms with Gasteiger partial charge in [-0.05, 0) is 44.2 Å². The van der Waals surface area contributed by atoms with Gasteiger partial charge in [-0.1, -0.05) is 43.0 Å². The van der Waals surface area contributed by atoms with Crippen LogP contribution in [0.5, 0.6) is 0 Å². The number of likely N-dealkylation sites (tertiary alicyclic amines) is 1. The van der Waals surface area contributed by atoms with E-state index in [9.17, 15) is 0 Å². The minimum Gasteiger partial charge on any atom is -0.297 e. The molecule has 3 rings (SSSR count). The van der Waals surface area contributed by atoms with Crippen LogP contribution in [0, 0.1) is 0 Å². The molecule has 1 aromatic heterocycles. The summed E-state index contributed by atoms with van der Waals surface area (Å²) in [7, 11) is 0. The van der Waals surface area contributed by atoms with E-state index in [0.717, 1.165) is 22.3 Å². The van der Waals surface area contributed by atoms with Crippen LogP contribution in [-0.2, 0) is 0 Å². The van der Waals surface area contributed by atoms with E-state index in [-0.39, 0.29) is 0 Å². The van der Waals surface area contributed by atoms with Crippen molar-refractivity contribution in [2.45, 2.75) is 37.9 Å². The maximum Gasteiger partial charge on any atom is 0.208 e. The molecule has 5 heteroatoms. The molecule has 4 nitrogen and oxygen atoms in total. The number of nitrogens with one attached hydrogen (secondary N) is 1. The number of benzene rings is 1. The first-order chi connectivity index (χ1) is 10.3. The van der Waals surface area contributed by atoms with E-state index >= 15 is 0 Å². The van der Waals surface area contributed by atoms with Gasteiger partial charge in [0.2, 0.25) is 5.16 Å². The Morgan fingerprint density at radius 2 is 1.95 bits per heavy atom. The first kappa shape index (κ1) is 14.6. The van der Waals surface area contributed by atoms with Gasteiger partial charge in [0.05, 0.1) is 0 Å². The molecular formula is C16H22N4S. The molecule has 2 heterocycles. The SMILES string of the molecule is CCSc1n[nH]c(-c2ccc([C@H](C)N3CCCC3)cc2)n1. The average Bonchev–Trinajstić information content (AvgIpc) is 3.19. The normalized spacial score (nSPS) is 17.2. The van der Waals surface area contributed by atoms with Gasteiger partial charge >= 0.3 is 0 Å². The average molecular weight is 302 g/mol. The molecule has 112 valence electrons. The predicted octanol–water partition coefficient (Wildman–Crippen LogP) is 3.74. The Balaban J connectivity index is 1.73. The van der Waals surface area contributed by atoms with Crippen molar-refractivity contribution in [1.82, 2.24) is 20.1 Å². The molecule has 0 saturated carbocycles. The van der Waals surface area contributed by atoms with Crippen LogP contribution in [-0.4, -0.2) is 38.9 Å². The van der Waals surface area contributed by atoms with E-state index in [1.807, 2.05) is 0 Å². The molecule has 1 N–H and O–H groups in total. The number of H-pyrrole nitrogens is 1. The van der Waals surface area contributed by atoms with Crippen molar-refractivity contribution < 1.29 is 0 Å². The third-order valence-electron chi connectivity index (χ3n) is 4.09. The van der Waals surface area contributed by atoms with E-state index in [0.29, 0.717) is 6.04 Å². The molecule has 0 radical (unpaired) electrons. The molecule has 1 fully saturated rings. The highest BCUT2D eigenvalue weighted by molar-refractivity contribution is 7.99. The van der Waals surface area contributed by atoms with E-state index in [1.54, 1.807) is 11.8 Å². The van der Waals surface area contributed by atoms with E-state index in [2.05, 4.69) is 58.2 Å². The molecule has 1 aliphatic heterocycles. The van der Waals surface area contributed by atoms with E-state index < -0.39 is 0 Å². The van der Waals surface area contributed by atoms with Gasteiger partial charge in [0.25, 0.3) is 0 Å². The zero-order valence-corrected chi connectivity index (χ0v) is 13.5. The number of hydrogen-bond donors (Lipinski definition) is 1. The molecule has 0 unspecified atom stereocenters. The first-order valence-electron chi connectivity index (χ1n) is 7.67. The molecule has 0 amide bonds. The molecule has 1 atom stereocenters. The maximum atomic E-state index is 4.51. The van der Waals surface area contributed by atoms with Gasteiger partial charge in [0, 0.05) is 11.6 Å². The number of hydrogen-bond acceptors (Lipinski definition) is 4. The summed E-state index contributed by atoms with van der Waals surface area (Å²) in [6.07, 6.45) is 2.66. The summed E-state index contributed by atoms with van der Waals surface area (Å²) in [5, 5.41) is 8.06. The van der Waals surface area contributed by atoms with Crippen molar-refractivity contribution in [2.24, 2.45) is 0 Å². The largest absolute Gasteiger partial charge is 0.297 e. The Labute approximate surface area is 130 Å². The van der Waals surface area contributed by atoms with Gasteiger partial charge in [-0.25, -0.2) is 4.98 Å². The van der Waals surface area contributed by atoms with Crippen LogP contribution < -0.4 is 0 Å². The Bertz CT molecular complexity index is 572. The quantitative estimate of drug-likeness (QED) is 0.855. The number of aromatic amines is 1. The second kappa shape index (κ2) is 6.62. The summed E-state index contributed by atoms with van der Waals surface area (Å²) < 4.78 is 0. The van der Waals surface area contributed by atoms with E-state index in [4.69, 9.17) is 0 Å². The topological polar surface area (TPSA) is 44.8 Å². The van der Waals surface area contributed by atoms with Crippen molar-refractivity contribution in [1.29, 1.82) is 0 Å². The smallest absolute Gasteiger partial charge is 0.208 e. The summed E-state index contributed by atoms with van der Waals surface area (Å²) in [6.45, 7) is 6.85. The third kappa shape index (κ3) is 3.30. The predicted molar refractivity (Wildman–Crippen MR) is 87.4 cm³/mol. The maximum absolute atomic E-state index is 4.51. The van der Waals surface area contributed by atoms with E-state index in [1.165, 1.54) is 31.5 Å². The van der Waals surface area contributed by atoms with Gasteiger partial charge in [-0.3, -0.25) is 10.00 Å². The minimum absolute atomic E-state index is 0.502. The molecule has 1 aromatic carbocycles. The Kier molecular flexibility index (Phi) is 4.60. The van der Waals surface area contributed by atoms with Crippen LogP contribution in [0.4, 0.5) is 0 Å². The highest BCUT2D eigenvalue weighted by atomic mass is 32.2. The summed E-state index contributed by atoms with van der Waals surface area (Å²) in [5.74, 6) is 1.84. The minimum atomic E-state index is 0.502. The van der Waals surface area contributed by atoms with Crippen molar-refractivity contribution in [2.75, 3.05) is 18.8 Å². The molecule has 1 aliphatic rings. The van der Waals surface area contributed by atoms with Crippen molar-refractivity contribution in [3.05, 3.63) is 29.8 Å². The Morgan fingerprint density at radius 1 is 1.24 bits per heavy atom. The highest BCUT2D eigenvalue weighted by Crippen LogP contribution is 2.26. The van der Waals surface area contributed by atoms with Gasteiger partial charge in [-0.15, -0.1) is 5.10 Å². The number of nitrogens with zero attached hydrogens (tertiary/aromatic N) is 3. The monoisotopic (exact) mass is 302 g/mol. The van der Waals surface area contributed by atoms with Crippen LogP contribution in [0.2, 0.25) is 0 Å². The third-order valence-corrected chi connectivity index (χ3v) is 4.82. The molecule has 1 saturated heterocycles. The van der Waals surface area contributed by atoms with Gasteiger partial charge in [0.1, 0.15) is 0 Å². The zero-order valence-electron chi connectivity index (χ0n) is 12.7. The molecule has 0 spiro atoms. The highest BCUT2D eigenvalue weighted by Gasteiger charge is 2.19. The summed E-state index contributed by atoms with van der Waals surface area (Å²) >= 11 is 1.66. The number of rotatable bonds is 5. The molecule has 0 bridgehead atoms. The Hall–Kier alpha value is -1.33. The van der Waals surface area contributed by atoms with Gasteiger partial charge in [-0.2, -0.15) is 0 Å². The Morgan fingerprint density at radius 3 is 2.62 bits per heavy atom. The first-order valence-corrected chi connectivity index (χ1v) is 8.66. The fraction of sp³-hybridized carbons (Fsp3) is 0.500. The second-order valence-electron chi connectivity index (χ2n) is 5.44. The zero-order chi connectivity index (χ0) is 14.7. The summed E-state index contributed by atoms with van der Waals surface area (Å²) in [5.41, 5.74) is 2.48. The van der Waals surface area contributed by atoms with Crippen LogP contribution in [0.15, 0.2) is 29.4 Å². The van der Waals surface area contributed by atoms with Gasteiger partial charge in [0.15, 0.2) is 5.82 Å². The lowest BCUT2D eigenvalue weighted by atomic mass is 10.0. The van der Waals surface area contributed by atoms with Crippen molar-refractivity contribution in [3.8, 4) is 11.4 Å². The van der Waals surface area contributed by atoms with Crippen LogP contribution >= 0.6 is 11.8 Å². The summed E-state index contributed by atoms with van der Waals surface area (Å²) in [6, 6.07) is 9.22. The van der Waals surface area contributed by atoms with Crippen LogP contribution in [0.25, 0.3) is 11.4 Å². The van der Waals surface area contributed by atoms with Crippen molar-refractivity contribution in [3.63, 3.8) is 0 Å². The fourth-order valence-corrected chi connectivity index (χ4v) is 3.35. The molecule has 21 heavy (non-hydrogen) atoms. The number of aromatic nitrogens is 3. The lowest BCUT2D eigenvalue weighted by Crippen LogP contribution is -2.23. The van der Waals surface area contributed by atoms with Crippen LogP contribution in [0.1, 0.15) is 38.3 Å². The van der Waals surface area contributed by atoms with Crippen molar-refractivity contribution >= 4 is 11.8 Å². The molecule has 2 aromatic rings. The van der Waals surface area contributed by atoms with Crippen LogP contribution in [0.3, 0.4) is 0 Å². The second-order valence-corrected chi connectivity index (χ2v) is 6.67. The molecular weight excluding hydrogens is 280 g/mol. The summed E-state index contributed by atoms with van der Waals surface area (Å²) in [4.78, 5) is 7.06. The molecule has 0 aliphatic carbocycles. The number of thioether (sulfide) groups is 1.